The van der Waals surface area contributed by atoms with Crippen LogP contribution < -0.4 is 10.2 Å². The van der Waals surface area contributed by atoms with E-state index in [1.54, 1.807) is 0 Å². The third-order valence-corrected chi connectivity index (χ3v) is 2.89. The van der Waals surface area contributed by atoms with Crippen molar-refractivity contribution in [3.63, 3.8) is 0 Å². The van der Waals surface area contributed by atoms with Gasteiger partial charge in [0.2, 0.25) is 5.91 Å². The SMILES string of the molecule is Cc1ccc(N2CCNCC2=O)cc1C. The summed E-state index contributed by atoms with van der Waals surface area (Å²) >= 11 is 0. The van der Waals surface area contributed by atoms with E-state index in [0.717, 1.165) is 18.8 Å². The van der Waals surface area contributed by atoms with E-state index in [2.05, 4.69) is 31.3 Å². The minimum atomic E-state index is 0.157. The summed E-state index contributed by atoms with van der Waals surface area (Å²) < 4.78 is 0. The van der Waals surface area contributed by atoms with Crippen LogP contribution in [-0.2, 0) is 4.79 Å². The number of nitrogens with zero attached hydrogens (tertiary/aromatic N) is 1. The molecule has 1 N–H and O–H groups in total. The smallest absolute Gasteiger partial charge is 0.240 e. The number of rotatable bonds is 1. The average molecular weight is 204 g/mol. The number of piperazine rings is 1. The molecule has 1 fully saturated rings. The lowest BCUT2D eigenvalue weighted by atomic mass is 10.1. The van der Waals surface area contributed by atoms with Crippen LogP contribution in [0.5, 0.6) is 0 Å². The molecule has 0 atom stereocenters. The first-order chi connectivity index (χ1) is 7.18. The van der Waals surface area contributed by atoms with E-state index < -0.39 is 0 Å². The van der Waals surface area contributed by atoms with E-state index in [1.165, 1.54) is 11.1 Å². The fourth-order valence-electron chi connectivity index (χ4n) is 1.77. The van der Waals surface area contributed by atoms with Gasteiger partial charge in [0.15, 0.2) is 0 Å². The zero-order valence-electron chi connectivity index (χ0n) is 9.21. The van der Waals surface area contributed by atoms with Gasteiger partial charge in [0, 0.05) is 18.8 Å². The predicted octanol–water partition coefficient (Wildman–Crippen LogP) is 1.24. The van der Waals surface area contributed by atoms with Crippen molar-refractivity contribution in [1.29, 1.82) is 0 Å². The van der Waals surface area contributed by atoms with Gasteiger partial charge in [-0.3, -0.25) is 4.79 Å². The standard InChI is InChI=1S/C12H16N2O/c1-9-3-4-11(7-10(9)2)14-6-5-13-8-12(14)15/h3-4,7,13H,5-6,8H2,1-2H3. The van der Waals surface area contributed by atoms with Gasteiger partial charge in [-0.1, -0.05) is 6.07 Å². The van der Waals surface area contributed by atoms with Crippen molar-refractivity contribution in [2.24, 2.45) is 0 Å². The molecule has 0 unspecified atom stereocenters. The molecule has 3 nitrogen and oxygen atoms in total. The summed E-state index contributed by atoms with van der Waals surface area (Å²) in [5, 5.41) is 3.07. The van der Waals surface area contributed by atoms with Gasteiger partial charge in [-0.25, -0.2) is 0 Å². The molecular weight excluding hydrogens is 188 g/mol. The second kappa shape index (κ2) is 4.03. The van der Waals surface area contributed by atoms with Crippen molar-refractivity contribution >= 4 is 11.6 Å². The summed E-state index contributed by atoms with van der Waals surface area (Å²) in [5.74, 6) is 0.157. The largest absolute Gasteiger partial charge is 0.310 e. The summed E-state index contributed by atoms with van der Waals surface area (Å²) in [6.45, 7) is 6.25. The number of nitrogens with one attached hydrogen (secondary N) is 1. The van der Waals surface area contributed by atoms with Gasteiger partial charge in [0.1, 0.15) is 0 Å². The zero-order chi connectivity index (χ0) is 10.8. The monoisotopic (exact) mass is 204 g/mol. The number of carbonyl (C=O) groups excluding carboxylic acids is 1. The number of carbonyl (C=O) groups is 1. The molecule has 0 radical (unpaired) electrons. The molecule has 1 aliphatic rings. The summed E-state index contributed by atoms with van der Waals surface area (Å²) in [4.78, 5) is 13.5. The highest BCUT2D eigenvalue weighted by Crippen LogP contribution is 2.19. The normalized spacial score (nSPS) is 16.9. The first-order valence-corrected chi connectivity index (χ1v) is 5.27. The van der Waals surface area contributed by atoms with Crippen LogP contribution in [0.15, 0.2) is 18.2 Å². The van der Waals surface area contributed by atoms with Crippen molar-refractivity contribution in [3.05, 3.63) is 29.3 Å². The number of benzene rings is 1. The van der Waals surface area contributed by atoms with Crippen LogP contribution in [0.25, 0.3) is 0 Å². The van der Waals surface area contributed by atoms with Gasteiger partial charge < -0.3 is 10.2 Å². The Labute approximate surface area is 90.1 Å². The number of aryl methyl sites for hydroxylation is 2. The zero-order valence-corrected chi connectivity index (χ0v) is 9.21. The Hall–Kier alpha value is -1.35. The van der Waals surface area contributed by atoms with Gasteiger partial charge >= 0.3 is 0 Å². The fraction of sp³-hybridized carbons (Fsp3) is 0.417. The molecule has 1 heterocycles. The van der Waals surface area contributed by atoms with E-state index >= 15 is 0 Å². The summed E-state index contributed by atoms with van der Waals surface area (Å²) in [5.41, 5.74) is 3.52. The van der Waals surface area contributed by atoms with Crippen LogP contribution in [0.1, 0.15) is 11.1 Å². The minimum absolute atomic E-state index is 0.157. The van der Waals surface area contributed by atoms with Crippen LogP contribution in [0, 0.1) is 13.8 Å². The van der Waals surface area contributed by atoms with Crippen molar-refractivity contribution in [2.75, 3.05) is 24.5 Å². The lowest BCUT2D eigenvalue weighted by Crippen LogP contribution is -2.48. The third-order valence-electron chi connectivity index (χ3n) is 2.89. The molecule has 2 rings (SSSR count). The number of hydrogen-bond acceptors (Lipinski definition) is 2. The van der Waals surface area contributed by atoms with Gasteiger partial charge in [0.25, 0.3) is 0 Å². The van der Waals surface area contributed by atoms with Crippen molar-refractivity contribution in [2.45, 2.75) is 13.8 Å². The first kappa shape index (κ1) is 10.2. The van der Waals surface area contributed by atoms with Crippen LogP contribution in [0.4, 0.5) is 5.69 Å². The molecule has 0 aliphatic carbocycles. The molecule has 1 saturated heterocycles. The van der Waals surface area contributed by atoms with Gasteiger partial charge in [-0.2, -0.15) is 0 Å². The quantitative estimate of drug-likeness (QED) is 0.746. The number of anilines is 1. The van der Waals surface area contributed by atoms with E-state index in [4.69, 9.17) is 0 Å². The van der Waals surface area contributed by atoms with Crippen LogP contribution in [0.2, 0.25) is 0 Å². The highest BCUT2D eigenvalue weighted by Gasteiger charge is 2.19. The van der Waals surface area contributed by atoms with Crippen molar-refractivity contribution < 1.29 is 4.79 Å². The maximum absolute atomic E-state index is 11.7. The molecule has 0 aromatic heterocycles. The third kappa shape index (κ3) is 2.02. The Balaban J connectivity index is 2.28. The van der Waals surface area contributed by atoms with Crippen LogP contribution >= 0.6 is 0 Å². The Morgan fingerprint density at radius 1 is 1.27 bits per heavy atom. The number of hydrogen-bond donors (Lipinski definition) is 1. The molecule has 1 aromatic carbocycles. The van der Waals surface area contributed by atoms with E-state index in [0.29, 0.717) is 6.54 Å². The maximum atomic E-state index is 11.7. The second-order valence-corrected chi connectivity index (χ2v) is 3.99. The molecule has 15 heavy (non-hydrogen) atoms. The topological polar surface area (TPSA) is 32.3 Å². The molecule has 0 bridgehead atoms. The molecule has 1 amide bonds. The highest BCUT2D eigenvalue weighted by molar-refractivity contribution is 5.95. The molecule has 1 aromatic rings. The van der Waals surface area contributed by atoms with Gasteiger partial charge in [-0.05, 0) is 37.1 Å². The summed E-state index contributed by atoms with van der Waals surface area (Å²) in [6, 6.07) is 6.17. The van der Waals surface area contributed by atoms with Crippen LogP contribution in [0.3, 0.4) is 0 Å². The maximum Gasteiger partial charge on any atom is 0.240 e. The van der Waals surface area contributed by atoms with Crippen LogP contribution in [-0.4, -0.2) is 25.5 Å². The lowest BCUT2D eigenvalue weighted by Gasteiger charge is -2.27. The number of amides is 1. The highest BCUT2D eigenvalue weighted by atomic mass is 16.2. The van der Waals surface area contributed by atoms with E-state index in [-0.39, 0.29) is 5.91 Å². The van der Waals surface area contributed by atoms with Gasteiger partial charge in [-0.15, -0.1) is 0 Å². The Morgan fingerprint density at radius 2 is 2.07 bits per heavy atom. The minimum Gasteiger partial charge on any atom is -0.310 e. The Kier molecular flexibility index (Phi) is 2.73. The summed E-state index contributed by atoms with van der Waals surface area (Å²) in [7, 11) is 0. The second-order valence-electron chi connectivity index (χ2n) is 3.99. The van der Waals surface area contributed by atoms with Gasteiger partial charge in [0.05, 0.1) is 6.54 Å². The molecule has 3 heteroatoms. The van der Waals surface area contributed by atoms with Crippen molar-refractivity contribution in [3.8, 4) is 0 Å². The predicted molar refractivity (Wildman–Crippen MR) is 61.1 cm³/mol. The van der Waals surface area contributed by atoms with E-state index in [9.17, 15) is 4.79 Å². The van der Waals surface area contributed by atoms with Crippen molar-refractivity contribution in [1.82, 2.24) is 5.32 Å². The Bertz CT molecular complexity index is 387. The molecular formula is C12H16N2O. The first-order valence-electron chi connectivity index (χ1n) is 5.27. The fourth-order valence-corrected chi connectivity index (χ4v) is 1.77. The Morgan fingerprint density at radius 3 is 2.73 bits per heavy atom. The molecule has 0 spiro atoms. The van der Waals surface area contributed by atoms with E-state index in [1.807, 2.05) is 11.0 Å². The molecule has 1 aliphatic heterocycles. The molecule has 80 valence electrons. The average Bonchev–Trinajstić information content (AvgIpc) is 2.23. The molecule has 0 saturated carbocycles. The lowest BCUT2D eigenvalue weighted by molar-refractivity contribution is -0.118. The summed E-state index contributed by atoms with van der Waals surface area (Å²) in [6.07, 6.45) is 0.